The summed E-state index contributed by atoms with van der Waals surface area (Å²) in [7, 11) is 0. The minimum atomic E-state index is -0.0263. The predicted octanol–water partition coefficient (Wildman–Crippen LogP) is 1.67. The molecule has 0 aliphatic carbocycles. The molecule has 1 rings (SSSR count). The minimum Gasteiger partial charge on any atom is -0.370 e. The summed E-state index contributed by atoms with van der Waals surface area (Å²) < 4.78 is 2.15. The molecular formula is C13H25N5. The van der Waals surface area contributed by atoms with E-state index in [1.807, 2.05) is 19.3 Å². The van der Waals surface area contributed by atoms with Crippen molar-refractivity contribution in [3.05, 3.63) is 18.2 Å². The van der Waals surface area contributed by atoms with Gasteiger partial charge in [0.15, 0.2) is 5.96 Å². The van der Waals surface area contributed by atoms with E-state index in [1.165, 1.54) is 0 Å². The molecule has 0 amide bonds. The van der Waals surface area contributed by atoms with Gasteiger partial charge in [0.25, 0.3) is 0 Å². The van der Waals surface area contributed by atoms with Crippen LogP contribution < -0.4 is 11.1 Å². The molecule has 102 valence electrons. The van der Waals surface area contributed by atoms with Crippen molar-refractivity contribution in [2.24, 2.45) is 10.7 Å². The third kappa shape index (κ3) is 5.70. The van der Waals surface area contributed by atoms with Crippen LogP contribution in [0.4, 0.5) is 0 Å². The van der Waals surface area contributed by atoms with Gasteiger partial charge in [0, 0.05) is 31.0 Å². The highest BCUT2D eigenvalue weighted by molar-refractivity contribution is 5.78. The average molecular weight is 251 g/mol. The Morgan fingerprint density at radius 2 is 2.17 bits per heavy atom. The van der Waals surface area contributed by atoms with Crippen molar-refractivity contribution in [2.45, 2.75) is 52.6 Å². The number of unbranched alkanes of at least 4 members (excludes halogenated alkanes) is 1. The highest BCUT2D eigenvalue weighted by Gasteiger charge is 2.09. The Labute approximate surface area is 110 Å². The van der Waals surface area contributed by atoms with Crippen molar-refractivity contribution in [1.82, 2.24) is 14.9 Å². The van der Waals surface area contributed by atoms with Crippen LogP contribution in [-0.2, 0) is 6.54 Å². The number of aliphatic imine (C=N–C) groups is 1. The molecular weight excluding hydrogens is 226 g/mol. The van der Waals surface area contributed by atoms with Gasteiger partial charge in [0.1, 0.15) is 5.82 Å². The lowest BCUT2D eigenvalue weighted by Crippen LogP contribution is -2.45. The molecule has 0 aliphatic heterocycles. The van der Waals surface area contributed by atoms with Gasteiger partial charge >= 0.3 is 0 Å². The summed E-state index contributed by atoms with van der Waals surface area (Å²) >= 11 is 0. The molecule has 18 heavy (non-hydrogen) atoms. The van der Waals surface area contributed by atoms with Crippen molar-refractivity contribution in [2.75, 3.05) is 6.54 Å². The van der Waals surface area contributed by atoms with E-state index in [2.05, 4.69) is 40.6 Å². The zero-order chi connectivity index (χ0) is 13.6. The van der Waals surface area contributed by atoms with Gasteiger partial charge in [-0.1, -0.05) is 0 Å². The van der Waals surface area contributed by atoms with Gasteiger partial charge in [-0.15, -0.1) is 0 Å². The number of nitrogens with zero attached hydrogens (tertiary/aromatic N) is 3. The van der Waals surface area contributed by atoms with E-state index in [-0.39, 0.29) is 5.54 Å². The number of nitrogens with one attached hydrogen (secondary N) is 1. The molecule has 5 nitrogen and oxygen atoms in total. The van der Waals surface area contributed by atoms with Gasteiger partial charge < -0.3 is 15.6 Å². The molecule has 0 saturated carbocycles. The lowest BCUT2D eigenvalue weighted by Gasteiger charge is -2.20. The van der Waals surface area contributed by atoms with Gasteiger partial charge in [-0.05, 0) is 40.5 Å². The molecule has 0 bridgehead atoms. The largest absolute Gasteiger partial charge is 0.370 e. The molecule has 3 N–H and O–H groups in total. The standard InChI is InChI=1S/C13H25N5/c1-11-15-8-10-18(11)9-6-5-7-16-12(14)17-13(2,3)4/h8,10H,5-7,9H2,1-4H3,(H3,14,16,17). The van der Waals surface area contributed by atoms with Crippen LogP contribution in [0.15, 0.2) is 17.4 Å². The Morgan fingerprint density at radius 3 is 2.72 bits per heavy atom. The molecule has 0 spiro atoms. The Hall–Kier alpha value is -1.52. The lowest BCUT2D eigenvalue weighted by molar-refractivity contribution is 0.507. The van der Waals surface area contributed by atoms with Crippen molar-refractivity contribution in [1.29, 1.82) is 0 Å². The second-order valence-corrected chi connectivity index (χ2v) is 5.52. The van der Waals surface area contributed by atoms with Crippen LogP contribution in [-0.4, -0.2) is 27.6 Å². The zero-order valence-corrected chi connectivity index (χ0v) is 11.9. The number of hydrogen-bond acceptors (Lipinski definition) is 2. The maximum atomic E-state index is 5.78. The van der Waals surface area contributed by atoms with Crippen LogP contribution >= 0.6 is 0 Å². The molecule has 1 aromatic heterocycles. The van der Waals surface area contributed by atoms with Gasteiger partial charge in [-0.3, -0.25) is 4.99 Å². The number of nitrogens with two attached hydrogens (primary N) is 1. The van der Waals surface area contributed by atoms with Crippen LogP contribution in [0.3, 0.4) is 0 Å². The lowest BCUT2D eigenvalue weighted by atomic mass is 10.1. The van der Waals surface area contributed by atoms with Gasteiger partial charge in [-0.2, -0.15) is 0 Å². The molecule has 0 aromatic carbocycles. The highest BCUT2D eigenvalue weighted by Crippen LogP contribution is 2.00. The topological polar surface area (TPSA) is 68.2 Å². The summed E-state index contributed by atoms with van der Waals surface area (Å²) in [4.78, 5) is 8.50. The third-order valence-electron chi connectivity index (χ3n) is 2.52. The van der Waals surface area contributed by atoms with Crippen LogP contribution in [0.1, 0.15) is 39.4 Å². The second kappa shape index (κ2) is 6.42. The molecule has 1 aromatic rings. The van der Waals surface area contributed by atoms with Crippen molar-refractivity contribution >= 4 is 5.96 Å². The Balaban J connectivity index is 2.19. The molecule has 1 heterocycles. The third-order valence-corrected chi connectivity index (χ3v) is 2.52. The summed E-state index contributed by atoms with van der Waals surface area (Å²) in [5.74, 6) is 1.59. The second-order valence-electron chi connectivity index (χ2n) is 5.52. The molecule has 0 unspecified atom stereocenters. The van der Waals surface area contributed by atoms with Crippen LogP contribution in [0.25, 0.3) is 0 Å². The predicted molar refractivity (Wildman–Crippen MR) is 75.6 cm³/mol. The van der Waals surface area contributed by atoms with Gasteiger partial charge in [-0.25, -0.2) is 4.98 Å². The molecule has 5 heteroatoms. The van der Waals surface area contributed by atoms with E-state index in [0.29, 0.717) is 5.96 Å². The fourth-order valence-corrected chi connectivity index (χ4v) is 1.66. The maximum absolute atomic E-state index is 5.78. The molecule has 0 radical (unpaired) electrons. The first-order chi connectivity index (χ1) is 8.38. The van der Waals surface area contributed by atoms with E-state index in [0.717, 1.165) is 31.8 Å². The molecule has 0 atom stereocenters. The number of guanidine groups is 1. The normalized spacial score (nSPS) is 12.8. The fraction of sp³-hybridized carbons (Fsp3) is 0.692. The number of imidazole rings is 1. The van der Waals surface area contributed by atoms with E-state index in [1.54, 1.807) is 0 Å². The highest BCUT2D eigenvalue weighted by atomic mass is 15.1. The smallest absolute Gasteiger partial charge is 0.188 e. The summed E-state index contributed by atoms with van der Waals surface area (Å²) in [6.45, 7) is 9.98. The average Bonchev–Trinajstić information content (AvgIpc) is 2.61. The fourth-order valence-electron chi connectivity index (χ4n) is 1.66. The van der Waals surface area contributed by atoms with Crippen molar-refractivity contribution < 1.29 is 0 Å². The molecule has 0 aliphatic rings. The summed E-state index contributed by atoms with van der Waals surface area (Å²) in [6.07, 6.45) is 5.96. The van der Waals surface area contributed by atoms with E-state index in [9.17, 15) is 0 Å². The van der Waals surface area contributed by atoms with Crippen LogP contribution in [0.5, 0.6) is 0 Å². The van der Waals surface area contributed by atoms with Crippen molar-refractivity contribution in [3.63, 3.8) is 0 Å². The van der Waals surface area contributed by atoms with E-state index >= 15 is 0 Å². The first kappa shape index (κ1) is 14.5. The van der Waals surface area contributed by atoms with E-state index < -0.39 is 0 Å². The minimum absolute atomic E-state index is 0.0263. The van der Waals surface area contributed by atoms with E-state index in [4.69, 9.17) is 5.73 Å². The monoisotopic (exact) mass is 251 g/mol. The number of hydrogen-bond donors (Lipinski definition) is 2. The number of aryl methyl sites for hydroxylation is 2. The zero-order valence-electron chi connectivity index (χ0n) is 11.9. The van der Waals surface area contributed by atoms with Crippen molar-refractivity contribution in [3.8, 4) is 0 Å². The summed E-state index contributed by atoms with van der Waals surface area (Å²) in [5.41, 5.74) is 5.76. The quantitative estimate of drug-likeness (QED) is 0.475. The summed E-state index contributed by atoms with van der Waals surface area (Å²) in [6, 6.07) is 0. The maximum Gasteiger partial charge on any atom is 0.188 e. The van der Waals surface area contributed by atoms with Gasteiger partial charge in [0.2, 0.25) is 0 Å². The Bertz CT molecular complexity index is 386. The van der Waals surface area contributed by atoms with Gasteiger partial charge in [0.05, 0.1) is 0 Å². The molecule has 0 saturated heterocycles. The number of rotatable bonds is 5. The molecule has 0 fully saturated rings. The van der Waals surface area contributed by atoms with Crippen LogP contribution in [0.2, 0.25) is 0 Å². The number of aromatic nitrogens is 2. The summed E-state index contributed by atoms with van der Waals surface area (Å²) in [5, 5.41) is 3.15. The first-order valence-corrected chi connectivity index (χ1v) is 6.44. The first-order valence-electron chi connectivity index (χ1n) is 6.44. The SMILES string of the molecule is Cc1nccn1CCCCN=C(N)NC(C)(C)C. The Morgan fingerprint density at radius 1 is 1.44 bits per heavy atom. The van der Waals surface area contributed by atoms with Crippen LogP contribution in [0, 0.1) is 6.92 Å². The Kier molecular flexibility index (Phi) is 5.19.